The fourth-order valence-corrected chi connectivity index (χ4v) is 6.29. The predicted molar refractivity (Wildman–Crippen MR) is 193 cm³/mol. The number of hydrogen-bond acceptors (Lipinski definition) is 24. The molecule has 3 aliphatic rings. The molecule has 3 fully saturated rings. The lowest BCUT2D eigenvalue weighted by atomic mass is 9.94. The average Bonchev–Trinajstić information content (AvgIpc) is 3.70. The van der Waals surface area contributed by atoms with Gasteiger partial charge >= 0.3 is 5.97 Å². The molecule has 25 heteroatoms. The number of ether oxygens (including phenoxy) is 8. The summed E-state index contributed by atoms with van der Waals surface area (Å²) in [6.45, 7) is -0.549. The Balaban J connectivity index is 1.22. The van der Waals surface area contributed by atoms with Crippen LogP contribution < -0.4 is 5.32 Å². The highest BCUT2D eigenvalue weighted by atomic mass is 16.8. The van der Waals surface area contributed by atoms with Crippen LogP contribution in [0, 0.1) is 5.92 Å². The Bertz CT molecular complexity index is 1450. The van der Waals surface area contributed by atoms with Crippen LogP contribution in [0.25, 0.3) is 0 Å². The largest absolute Gasteiger partial charge is 0.459 e. The summed E-state index contributed by atoms with van der Waals surface area (Å²) >= 11 is 0. The number of aliphatic hydroxyl groups is 11. The maximum absolute atomic E-state index is 11.9. The van der Waals surface area contributed by atoms with E-state index in [1.807, 2.05) is 6.92 Å². The zero-order valence-corrected chi connectivity index (χ0v) is 32.7. The summed E-state index contributed by atoms with van der Waals surface area (Å²) in [5.41, 5.74) is 0.397. The Morgan fingerprint density at radius 3 is 2.38 bits per heavy atom. The summed E-state index contributed by atoms with van der Waals surface area (Å²) in [5, 5.41) is 125. The molecule has 0 aliphatic carbocycles. The first kappa shape index (κ1) is 49.8. The van der Waals surface area contributed by atoms with E-state index in [0.717, 1.165) is 0 Å². The van der Waals surface area contributed by atoms with Gasteiger partial charge in [0.2, 0.25) is 6.29 Å². The number of nitrogens with one attached hydrogen (secondary N) is 1. The van der Waals surface area contributed by atoms with E-state index in [-0.39, 0.29) is 39.1 Å². The summed E-state index contributed by atoms with van der Waals surface area (Å²) in [6, 6.07) is 0. The third-order valence-electron chi connectivity index (χ3n) is 9.98. The highest BCUT2D eigenvalue weighted by Crippen LogP contribution is 2.32. The van der Waals surface area contributed by atoms with Crippen LogP contribution in [-0.4, -0.2) is 222 Å². The Hall–Kier alpha value is -2.90. The molecule has 4 rings (SSSR count). The fraction of sp³-hybridized carbons (Fsp3) is 0.829. The molecule has 0 bridgehead atoms. The van der Waals surface area contributed by atoms with Gasteiger partial charge in [-0.2, -0.15) is 0 Å². The lowest BCUT2D eigenvalue weighted by Crippen LogP contribution is -2.63. The standard InChI is InChI=1S/C35H58N4O21/c1-2-18(43)5-3-4-6-24(46)53-13-17-10-39(38-37-17)8-7-36-9-20(44)26(48)22(12-41)57-33-30(52)28(50)23(15-55-33)58-35-31(27(49)21(45)14-54-35)59-34-29(51)25(47)19(11-40)32(60-34)56-16-42/h3-4,10,16,18-23,25-36,40-41,43-45,47-52H,2,5-9,11-15H2,1H3/b4-3+/t18?,19-,20?,21+,22?,23+,25-,26?,27?,28-,29?,30?,31?,32?,33-,34-,35-/m0/s1. The zero-order valence-electron chi connectivity index (χ0n) is 32.7. The van der Waals surface area contributed by atoms with E-state index in [4.69, 9.17) is 37.9 Å². The number of carbonyl (C=O) groups excluding carboxylic acids is 2. The third kappa shape index (κ3) is 13.8. The summed E-state index contributed by atoms with van der Waals surface area (Å²) in [4.78, 5) is 22.9. The van der Waals surface area contributed by atoms with Crippen molar-refractivity contribution in [3.8, 4) is 0 Å². The predicted octanol–water partition coefficient (Wildman–Crippen LogP) is -6.77. The summed E-state index contributed by atoms with van der Waals surface area (Å²) < 4.78 is 44.6. The smallest absolute Gasteiger partial charge is 0.310 e. The van der Waals surface area contributed by atoms with Crippen LogP contribution in [0.4, 0.5) is 0 Å². The molecule has 0 radical (unpaired) electrons. The molecule has 0 aromatic carbocycles. The first-order valence-corrected chi connectivity index (χ1v) is 19.4. The molecule has 12 N–H and O–H groups in total. The van der Waals surface area contributed by atoms with Crippen molar-refractivity contribution >= 4 is 12.4 Å². The highest BCUT2D eigenvalue weighted by molar-refractivity contribution is 5.71. The van der Waals surface area contributed by atoms with E-state index < -0.39 is 137 Å². The molecule has 1 aromatic heterocycles. The van der Waals surface area contributed by atoms with Crippen molar-refractivity contribution < 1.29 is 104 Å². The number of rotatable bonds is 24. The van der Waals surface area contributed by atoms with Crippen molar-refractivity contribution in [2.24, 2.45) is 5.92 Å². The Morgan fingerprint density at radius 1 is 0.950 bits per heavy atom. The number of esters is 1. The van der Waals surface area contributed by atoms with E-state index in [0.29, 0.717) is 18.5 Å². The Labute approximate surface area is 343 Å². The monoisotopic (exact) mass is 870 g/mol. The van der Waals surface area contributed by atoms with Crippen molar-refractivity contribution in [2.75, 3.05) is 39.5 Å². The molecule has 0 spiro atoms. The van der Waals surface area contributed by atoms with E-state index in [1.165, 1.54) is 4.68 Å². The SMILES string of the molecule is CCC(O)C/C=C/CC(=O)OCc1cn(CCNCC(O)C(O)C(CO)O[C@@H]2OC[C@@H](O[C@@H]3OC[C@@H](O)C(O)C3O[C@H]3OC(OC=O)[C@@H](CO)[C@H](O)C3O)[C@H](O)C2O)nn1. The number of nitrogens with zero attached hydrogens (tertiary/aromatic N) is 3. The first-order valence-electron chi connectivity index (χ1n) is 19.4. The second-order valence-electron chi connectivity index (χ2n) is 14.4. The van der Waals surface area contributed by atoms with Crippen molar-refractivity contribution in [3.63, 3.8) is 0 Å². The molecule has 4 heterocycles. The van der Waals surface area contributed by atoms with E-state index in [2.05, 4.69) is 15.6 Å². The summed E-state index contributed by atoms with van der Waals surface area (Å²) in [7, 11) is 0. The van der Waals surface area contributed by atoms with Gasteiger partial charge in [-0.1, -0.05) is 24.3 Å². The minimum absolute atomic E-state index is 0.0195. The van der Waals surface area contributed by atoms with Crippen LogP contribution in [0.15, 0.2) is 18.3 Å². The lowest BCUT2D eigenvalue weighted by molar-refractivity contribution is -0.384. The number of aliphatic hydroxyl groups excluding tert-OH is 11. The van der Waals surface area contributed by atoms with Gasteiger partial charge in [-0.05, 0) is 12.8 Å². The zero-order chi connectivity index (χ0) is 43.9. The molecular weight excluding hydrogens is 812 g/mol. The minimum Gasteiger partial charge on any atom is -0.459 e. The average molecular weight is 871 g/mol. The second-order valence-corrected chi connectivity index (χ2v) is 14.4. The highest BCUT2D eigenvalue weighted by Gasteiger charge is 2.51. The second kappa shape index (κ2) is 24.7. The first-order chi connectivity index (χ1) is 28.7. The topological polar surface area (TPSA) is 373 Å². The van der Waals surface area contributed by atoms with Gasteiger partial charge in [-0.15, -0.1) is 5.10 Å². The molecule has 17 atom stereocenters. The van der Waals surface area contributed by atoms with Crippen molar-refractivity contribution in [2.45, 2.75) is 138 Å². The van der Waals surface area contributed by atoms with E-state index >= 15 is 0 Å². The number of aromatic nitrogens is 3. The van der Waals surface area contributed by atoms with Crippen LogP contribution in [0.2, 0.25) is 0 Å². The van der Waals surface area contributed by atoms with Gasteiger partial charge in [0.1, 0.15) is 67.2 Å². The van der Waals surface area contributed by atoms with Crippen LogP contribution in [0.1, 0.15) is 31.9 Å². The van der Waals surface area contributed by atoms with Gasteiger partial charge in [-0.25, -0.2) is 0 Å². The maximum Gasteiger partial charge on any atom is 0.310 e. The molecule has 25 nitrogen and oxygen atoms in total. The van der Waals surface area contributed by atoms with Gasteiger partial charge in [0.25, 0.3) is 6.47 Å². The molecule has 0 amide bonds. The van der Waals surface area contributed by atoms with Gasteiger partial charge < -0.3 is 99.4 Å². The maximum atomic E-state index is 11.9. The molecule has 3 saturated heterocycles. The Morgan fingerprint density at radius 2 is 1.68 bits per heavy atom. The van der Waals surface area contributed by atoms with Gasteiger partial charge in [0, 0.05) is 13.1 Å². The third-order valence-corrected chi connectivity index (χ3v) is 9.98. The molecule has 344 valence electrons. The van der Waals surface area contributed by atoms with E-state index in [1.54, 1.807) is 18.3 Å². The summed E-state index contributed by atoms with van der Waals surface area (Å²) in [6.07, 6.45) is -19.6. The minimum atomic E-state index is -1.88. The summed E-state index contributed by atoms with van der Waals surface area (Å²) in [5.74, 6) is -1.74. The van der Waals surface area contributed by atoms with Crippen LogP contribution in [0.5, 0.6) is 0 Å². The molecule has 9 unspecified atom stereocenters. The van der Waals surface area contributed by atoms with Crippen molar-refractivity contribution in [1.29, 1.82) is 0 Å². The Kier molecular flexibility index (Phi) is 20.5. The van der Waals surface area contributed by atoms with Crippen LogP contribution in [-0.2, 0) is 60.6 Å². The van der Waals surface area contributed by atoms with Gasteiger partial charge in [0.05, 0.1) is 69.8 Å². The lowest BCUT2D eigenvalue weighted by Gasteiger charge is -2.46. The van der Waals surface area contributed by atoms with Crippen molar-refractivity contribution in [3.05, 3.63) is 24.0 Å². The number of carbonyl (C=O) groups is 2. The molecule has 3 aliphatic heterocycles. The fourth-order valence-electron chi connectivity index (χ4n) is 6.29. The molecule has 1 aromatic rings. The van der Waals surface area contributed by atoms with Gasteiger partial charge in [0.15, 0.2) is 18.9 Å². The molecule has 0 saturated carbocycles. The van der Waals surface area contributed by atoms with Gasteiger partial charge in [-0.3, -0.25) is 14.3 Å². The quantitative estimate of drug-likeness (QED) is 0.0199. The molecular formula is C35H58N4O21. The van der Waals surface area contributed by atoms with Crippen LogP contribution in [0.3, 0.4) is 0 Å². The normalized spacial score (nSPS) is 34.5. The number of hydrogen-bond donors (Lipinski definition) is 12. The molecule has 60 heavy (non-hydrogen) atoms. The van der Waals surface area contributed by atoms with Crippen LogP contribution >= 0.6 is 0 Å². The van der Waals surface area contributed by atoms with Crippen molar-refractivity contribution in [1.82, 2.24) is 20.3 Å². The van der Waals surface area contributed by atoms with E-state index in [9.17, 15) is 65.8 Å².